The highest BCUT2D eigenvalue weighted by Crippen LogP contribution is 2.69. The number of unbranched alkanes of at least 4 members (excludes halogenated alkanes) is 6. The van der Waals surface area contributed by atoms with Gasteiger partial charge >= 0.3 is 6.09 Å². The van der Waals surface area contributed by atoms with Crippen LogP contribution in [0.25, 0.3) is 0 Å². The lowest BCUT2D eigenvalue weighted by atomic mass is 9.44. The molecule has 45 heavy (non-hydrogen) atoms. The first-order valence-corrected chi connectivity index (χ1v) is 19.6. The van der Waals surface area contributed by atoms with E-state index in [4.69, 9.17) is 21.9 Å². The molecule has 6 N–H and O–H groups in total. The normalized spacial score (nSPS) is 36.6. The number of fused-ring (bicyclic) bond motifs is 5. The van der Waals surface area contributed by atoms with E-state index >= 15 is 0 Å². The highest BCUT2D eigenvalue weighted by Gasteiger charge is 2.62. The van der Waals surface area contributed by atoms with Crippen LogP contribution in [-0.2, 0) is 4.74 Å². The minimum atomic E-state index is -0.587. The standard InChI is InChI=1S/C40H73N3O2/c1-29(2)15-14-16-30(3)34-20-21-35-33-19-18-31-28-40(45-37(43)44,23-11-7-9-13-26-42)32(17-10-6-8-12-25-41)27-39(31,5)36(33)22-24-38(34,35)4/h18,29-30,32-36H,6-17,19-28,41-42H2,1-5H3,(H2,43,44)/t30-,32?,33?,34-,35?,36?,38-,39+,40?/m1/s1. The number of ether oxygens (including phenoxy) is 1. The Balaban J connectivity index is 1.55. The highest BCUT2D eigenvalue weighted by molar-refractivity contribution is 5.65. The van der Waals surface area contributed by atoms with Crippen LogP contribution in [0.5, 0.6) is 0 Å². The number of primary amides is 1. The smallest absolute Gasteiger partial charge is 0.405 e. The van der Waals surface area contributed by atoms with Crippen LogP contribution in [-0.4, -0.2) is 24.8 Å². The molecule has 9 atom stereocenters. The second-order valence-corrected chi connectivity index (χ2v) is 17.3. The van der Waals surface area contributed by atoms with Crippen molar-refractivity contribution in [2.75, 3.05) is 13.1 Å². The Morgan fingerprint density at radius 3 is 2.24 bits per heavy atom. The summed E-state index contributed by atoms with van der Waals surface area (Å²) in [5, 5.41) is 0. The molecule has 0 aliphatic heterocycles. The molecular weight excluding hydrogens is 554 g/mol. The summed E-state index contributed by atoms with van der Waals surface area (Å²) in [6.07, 6.45) is 26.3. The Labute approximate surface area is 278 Å². The molecule has 0 bridgehead atoms. The van der Waals surface area contributed by atoms with Crippen LogP contribution in [0.2, 0.25) is 0 Å². The van der Waals surface area contributed by atoms with Gasteiger partial charge in [0.1, 0.15) is 5.60 Å². The molecule has 0 saturated heterocycles. The predicted molar refractivity (Wildman–Crippen MR) is 190 cm³/mol. The van der Waals surface area contributed by atoms with Crippen molar-refractivity contribution in [2.45, 2.75) is 169 Å². The average Bonchev–Trinajstić information content (AvgIpc) is 3.34. The quantitative estimate of drug-likeness (QED) is 0.104. The number of amides is 1. The van der Waals surface area contributed by atoms with Gasteiger partial charge in [0.05, 0.1) is 0 Å². The molecule has 0 radical (unpaired) electrons. The van der Waals surface area contributed by atoms with Gasteiger partial charge in [-0.05, 0) is 130 Å². The molecule has 260 valence electrons. The zero-order valence-corrected chi connectivity index (χ0v) is 30.2. The lowest BCUT2D eigenvalue weighted by molar-refractivity contribution is -0.110. The third-order valence-corrected chi connectivity index (χ3v) is 14.1. The van der Waals surface area contributed by atoms with Gasteiger partial charge in [0.25, 0.3) is 0 Å². The van der Waals surface area contributed by atoms with Crippen molar-refractivity contribution >= 4 is 6.09 Å². The Bertz CT molecular complexity index is 965. The summed E-state index contributed by atoms with van der Waals surface area (Å²) in [5.74, 6) is 5.32. The van der Waals surface area contributed by atoms with Crippen LogP contribution in [0.1, 0.15) is 163 Å². The molecular formula is C40H73N3O2. The van der Waals surface area contributed by atoms with E-state index in [1.165, 1.54) is 70.6 Å². The first-order chi connectivity index (χ1) is 21.5. The molecule has 4 aliphatic rings. The van der Waals surface area contributed by atoms with E-state index in [1.54, 1.807) is 5.57 Å². The van der Waals surface area contributed by atoms with Crippen LogP contribution in [0.4, 0.5) is 4.79 Å². The molecule has 4 aliphatic carbocycles. The fourth-order valence-electron chi connectivity index (χ4n) is 11.7. The van der Waals surface area contributed by atoms with Crippen molar-refractivity contribution in [3.05, 3.63) is 11.6 Å². The average molecular weight is 628 g/mol. The van der Waals surface area contributed by atoms with Gasteiger partial charge in [0.2, 0.25) is 0 Å². The van der Waals surface area contributed by atoms with E-state index in [9.17, 15) is 4.79 Å². The third-order valence-electron chi connectivity index (χ3n) is 14.1. The van der Waals surface area contributed by atoms with Crippen LogP contribution < -0.4 is 17.2 Å². The van der Waals surface area contributed by atoms with E-state index < -0.39 is 11.7 Å². The topological polar surface area (TPSA) is 104 Å². The summed E-state index contributed by atoms with van der Waals surface area (Å²) < 4.78 is 6.33. The Morgan fingerprint density at radius 1 is 0.889 bits per heavy atom. The second kappa shape index (κ2) is 16.4. The minimum absolute atomic E-state index is 0.206. The lowest BCUT2D eigenvalue weighted by Crippen LogP contribution is -2.56. The van der Waals surface area contributed by atoms with Crippen molar-refractivity contribution < 1.29 is 9.53 Å². The van der Waals surface area contributed by atoms with Crippen molar-refractivity contribution in [1.29, 1.82) is 0 Å². The maximum absolute atomic E-state index is 12.5. The van der Waals surface area contributed by atoms with Crippen LogP contribution >= 0.6 is 0 Å². The summed E-state index contributed by atoms with van der Waals surface area (Å²) in [4.78, 5) is 12.5. The van der Waals surface area contributed by atoms with Gasteiger partial charge in [-0.15, -0.1) is 0 Å². The molecule has 5 unspecified atom stereocenters. The van der Waals surface area contributed by atoms with E-state index in [0.717, 1.165) is 106 Å². The number of allylic oxidation sites excluding steroid dienone is 1. The molecule has 0 spiro atoms. The number of nitrogens with two attached hydrogens (primary N) is 3. The zero-order valence-electron chi connectivity index (χ0n) is 30.2. The largest absolute Gasteiger partial charge is 0.442 e. The molecule has 5 heteroatoms. The number of hydrogen-bond donors (Lipinski definition) is 3. The molecule has 0 aromatic carbocycles. The van der Waals surface area contributed by atoms with E-state index in [2.05, 4.69) is 40.7 Å². The lowest BCUT2D eigenvalue weighted by Gasteiger charge is -2.61. The predicted octanol–water partition coefficient (Wildman–Crippen LogP) is 9.91. The zero-order chi connectivity index (χ0) is 32.7. The van der Waals surface area contributed by atoms with Gasteiger partial charge in [-0.1, -0.05) is 97.6 Å². The van der Waals surface area contributed by atoms with Gasteiger partial charge in [0.15, 0.2) is 0 Å². The van der Waals surface area contributed by atoms with Crippen molar-refractivity contribution in [3.63, 3.8) is 0 Å². The molecule has 0 aromatic heterocycles. The van der Waals surface area contributed by atoms with Crippen molar-refractivity contribution in [3.8, 4) is 0 Å². The maximum Gasteiger partial charge on any atom is 0.405 e. The summed E-state index contributed by atoms with van der Waals surface area (Å²) in [5.41, 5.74) is 19.3. The molecule has 1 amide bonds. The Kier molecular flexibility index (Phi) is 13.4. The van der Waals surface area contributed by atoms with Crippen LogP contribution in [0, 0.1) is 52.3 Å². The maximum atomic E-state index is 12.5. The van der Waals surface area contributed by atoms with E-state index in [-0.39, 0.29) is 5.41 Å². The summed E-state index contributed by atoms with van der Waals surface area (Å²) in [7, 11) is 0. The van der Waals surface area contributed by atoms with Gasteiger partial charge in [0, 0.05) is 12.3 Å². The summed E-state index contributed by atoms with van der Waals surface area (Å²) >= 11 is 0. The SMILES string of the molecule is CC(C)CCC[C@@H](C)[C@H]1CCC2C3CC=C4CC(CCCCCCN)(OC(N)=O)C(CCCCCCN)C[C@]4(C)C3CC[C@@]21C. The molecule has 0 heterocycles. The number of carbonyl (C=O) groups is 1. The van der Waals surface area contributed by atoms with E-state index in [1.807, 2.05) is 0 Å². The molecule has 3 saturated carbocycles. The number of hydrogen-bond acceptors (Lipinski definition) is 4. The highest BCUT2D eigenvalue weighted by atomic mass is 16.6. The molecule has 5 nitrogen and oxygen atoms in total. The fourth-order valence-corrected chi connectivity index (χ4v) is 11.7. The van der Waals surface area contributed by atoms with Crippen molar-refractivity contribution in [1.82, 2.24) is 0 Å². The Morgan fingerprint density at radius 2 is 1.58 bits per heavy atom. The van der Waals surface area contributed by atoms with Gasteiger partial charge in [-0.3, -0.25) is 0 Å². The molecule has 4 rings (SSSR count). The second-order valence-electron chi connectivity index (χ2n) is 17.3. The third kappa shape index (κ3) is 8.33. The monoisotopic (exact) mass is 628 g/mol. The van der Waals surface area contributed by atoms with Gasteiger partial charge in [-0.2, -0.15) is 0 Å². The fraction of sp³-hybridized carbons (Fsp3) is 0.925. The summed E-state index contributed by atoms with van der Waals surface area (Å²) in [6.45, 7) is 14.2. The summed E-state index contributed by atoms with van der Waals surface area (Å²) in [6, 6.07) is 0. The number of rotatable bonds is 18. The van der Waals surface area contributed by atoms with E-state index in [0.29, 0.717) is 11.3 Å². The molecule has 0 aromatic rings. The first-order valence-electron chi connectivity index (χ1n) is 19.6. The minimum Gasteiger partial charge on any atom is -0.442 e. The van der Waals surface area contributed by atoms with Crippen LogP contribution in [0.3, 0.4) is 0 Å². The first kappa shape index (κ1) is 36.8. The number of carbonyl (C=O) groups excluding carboxylic acids is 1. The molecule has 3 fully saturated rings. The van der Waals surface area contributed by atoms with Crippen molar-refractivity contribution in [2.24, 2.45) is 69.5 Å². The van der Waals surface area contributed by atoms with Crippen LogP contribution in [0.15, 0.2) is 11.6 Å². The Hall–Kier alpha value is -1.07. The van der Waals surface area contributed by atoms with Gasteiger partial charge < -0.3 is 21.9 Å². The van der Waals surface area contributed by atoms with Gasteiger partial charge in [-0.25, -0.2) is 4.79 Å².